The van der Waals surface area contributed by atoms with E-state index in [0.717, 1.165) is 17.9 Å². The Hall–Kier alpha value is -1.96. The first-order valence-electron chi connectivity index (χ1n) is 6.47. The largest absolute Gasteiger partial charge is 0.455 e. The summed E-state index contributed by atoms with van der Waals surface area (Å²) in [5, 5.41) is 0. The molecule has 1 aliphatic rings. The first kappa shape index (κ1) is 11.1. The van der Waals surface area contributed by atoms with Gasteiger partial charge < -0.3 is 10.5 Å². The van der Waals surface area contributed by atoms with Crippen LogP contribution in [-0.2, 0) is 12.8 Å². The highest BCUT2D eigenvalue weighted by molar-refractivity contribution is 5.53. The summed E-state index contributed by atoms with van der Waals surface area (Å²) >= 11 is 0. The molecule has 3 rings (SSSR count). The van der Waals surface area contributed by atoms with Crippen molar-refractivity contribution in [3.63, 3.8) is 0 Å². The van der Waals surface area contributed by atoms with Crippen molar-refractivity contribution in [2.75, 3.05) is 5.73 Å². The number of rotatable bonds is 2. The molecule has 0 saturated carbocycles. The number of aryl methyl sites for hydroxylation is 2. The van der Waals surface area contributed by atoms with Crippen molar-refractivity contribution in [2.24, 2.45) is 0 Å². The number of benzene rings is 2. The molecular formula is C16H17NO. The van der Waals surface area contributed by atoms with Gasteiger partial charge in [-0.05, 0) is 61.1 Å². The fourth-order valence-corrected chi connectivity index (χ4v) is 2.47. The van der Waals surface area contributed by atoms with E-state index in [-0.39, 0.29) is 0 Å². The summed E-state index contributed by atoms with van der Waals surface area (Å²) < 4.78 is 5.85. The van der Waals surface area contributed by atoms with Crippen LogP contribution in [0.2, 0.25) is 0 Å². The summed E-state index contributed by atoms with van der Waals surface area (Å²) in [7, 11) is 0. The van der Waals surface area contributed by atoms with Crippen LogP contribution in [0.4, 0.5) is 5.69 Å². The molecule has 0 radical (unpaired) electrons. The van der Waals surface area contributed by atoms with E-state index >= 15 is 0 Å². The van der Waals surface area contributed by atoms with Crippen molar-refractivity contribution in [2.45, 2.75) is 25.7 Å². The number of nitrogens with two attached hydrogens (primary N) is 1. The maximum absolute atomic E-state index is 5.88. The topological polar surface area (TPSA) is 35.2 Å². The lowest BCUT2D eigenvalue weighted by Crippen LogP contribution is -2.02. The maximum Gasteiger partial charge on any atom is 0.150 e. The van der Waals surface area contributed by atoms with Crippen LogP contribution in [0.25, 0.3) is 0 Å². The lowest BCUT2D eigenvalue weighted by atomic mass is 9.92. The van der Waals surface area contributed by atoms with Crippen LogP contribution in [0.5, 0.6) is 11.5 Å². The highest BCUT2D eigenvalue weighted by Crippen LogP contribution is 2.30. The summed E-state index contributed by atoms with van der Waals surface area (Å²) in [5.74, 6) is 1.61. The maximum atomic E-state index is 5.88. The van der Waals surface area contributed by atoms with Crippen LogP contribution >= 0.6 is 0 Å². The van der Waals surface area contributed by atoms with E-state index in [2.05, 4.69) is 12.1 Å². The second kappa shape index (κ2) is 4.73. The van der Waals surface area contributed by atoms with Gasteiger partial charge in [0.1, 0.15) is 11.5 Å². The smallest absolute Gasteiger partial charge is 0.150 e. The van der Waals surface area contributed by atoms with Crippen molar-refractivity contribution in [1.82, 2.24) is 0 Å². The lowest BCUT2D eigenvalue weighted by Gasteiger charge is -2.17. The standard InChI is InChI=1S/C16H17NO/c17-15-7-3-4-8-16(15)18-14-10-9-12-5-1-2-6-13(12)11-14/h3-4,7-11H,1-2,5-6,17H2. The quantitative estimate of drug-likeness (QED) is 0.806. The van der Waals surface area contributed by atoms with E-state index < -0.39 is 0 Å². The van der Waals surface area contributed by atoms with Crippen LogP contribution in [0, 0.1) is 0 Å². The fraction of sp³-hybridized carbons (Fsp3) is 0.250. The molecule has 0 aromatic heterocycles. The number of para-hydroxylation sites is 2. The average Bonchev–Trinajstić information content (AvgIpc) is 2.41. The molecular weight excluding hydrogens is 222 g/mol. The predicted molar refractivity (Wildman–Crippen MR) is 74.0 cm³/mol. The molecule has 0 bridgehead atoms. The zero-order valence-corrected chi connectivity index (χ0v) is 10.4. The Bertz CT molecular complexity index is 563. The zero-order chi connectivity index (χ0) is 12.4. The lowest BCUT2D eigenvalue weighted by molar-refractivity contribution is 0.483. The molecule has 0 saturated heterocycles. The van der Waals surface area contributed by atoms with Gasteiger partial charge in [-0.1, -0.05) is 18.2 Å². The predicted octanol–water partition coefficient (Wildman–Crippen LogP) is 3.94. The number of hydrogen-bond acceptors (Lipinski definition) is 2. The Morgan fingerprint density at radius 2 is 1.67 bits per heavy atom. The molecule has 92 valence electrons. The van der Waals surface area contributed by atoms with E-state index in [4.69, 9.17) is 10.5 Å². The van der Waals surface area contributed by atoms with Crippen molar-refractivity contribution in [3.8, 4) is 11.5 Å². The Kier molecular flexibility index (Phi) is 2.93. The van der Waals surface area contributed by atoms with Gasteiger partial charge in [0.15, 0.2) is 0 Å². The molecule has 0 unspecified atom stereocenters. The average molecular weight is 239 g/mol. The van der Waals surface area contributed by atoms with E-state index in [9.17, 15) is 0 Å². The van der Waals surface area contributed by atoms with Crippen LogP contribution in [0.1, 0.15) is 24.0 Å². The third-order valence-corrected chi connectivity index (χ3v) is 3.47. The van der Waals surface area contributed by atoms with Gasteiger partial charge in [0.2, 0.25) is 0 Å². The minimum absolute atomic E-state index is 0.676. The van der Waals surface area contributed by atoms with Crippen LogP contribution < -0.4 is 10.5 Å². The van der Waals surface area contributed by atoms with Crippen LogP contribution in [0.3, 0.4) is 0 Å². The number of hydrogen-bond donors (Lipinski definition) is 1. The van der Waals surface area contributed by atoms with Gasteiger partial charge >= 0.3 is 0 Å². The van der Waals surface area contributed by atoms with Gasteiger partial charge in [-0.25, -0.2) is 0 Å². The molecule has 2 N–H and O–H groups in total. The summed E-state index contributed by atoms with van der Waals surface area (Å²) in [6.07, 6.45) is 4.95. The molecule has 0 amide bonds. The third kappa shape index (κ3) is 2.19. The molecule has 0 spiro atoms. The van der Waals surface area contributed by atoms with Crippen LogP contribution in [0.15, 0.2) is 42.5 Å². The van der Waals surface area contributed by atoms with E-state index in [1.54, 1.807) is 0 Å². The number of nitrogen functional groups attached to an aromatic ring is 1. The van der Waals surface area contributed by atoms with Crippen molar-refractivity contribution in [1.29, 1.82) is 0 Å². The SMILES string of the molecule is Nc1ccccc1Oc1ccc2c(c1)CCCC2. The van der Waals surface area contributed by atoms with E-state index in [1.807, 2.05) is 30.3 Å². The molecule has 1 aliphatic carbocycles. The van der Waals surface area contributed by atoms with E-state index in [1.165, 1.54) is 30.4 Å². The molecule has 0 atom stereocenters. The molecule has 2 aromatic carbocycles. The Balaban J connectivity index is 1.87. The number of anilines is 1. The van der Waals surface area contributed by atoms with Gasteiger partial charge in [-0.3, -0.25) is 0 Å². The molecule has 18 heavy (non-hydrogen) atoms. The number of ether oxygens (including phenoxy) is 1. The van der Waals surface area contributed by atoms with Gasteiger partial charge in [-0.15, -0.1) is 0 Å². The van der Waals surface area contributed by atoms with E-state index in [0.29, 0.717) is 5.69 Å². The monoisotopic (exact) mass is 239 g/mol. The first-order valence-corrected chi connectivity index (χ1v) is 6.47. The second-order valence-electron chi connectivity index (χ2n) is 4.78. The Morgan fingerprint density at radius 1 is 0.889 bits per heavy atom. The third-order valence-electron chi connectivity index (χ3n) is 3.47. The van der Waals surface area contributed by atoms with Crippen LogP contribution in [-0.4, -0.2) is 0 Å². The Labute approximate surface area is 107 Å². The fourth-order valence-electron chi connectivity index (χ4n) is 2.47. The normalized spacial score (nSPS) is 14.0. The summed E-state index contributed by atoms with van der Waals surface area (Å²) in [6.45, 7) is 0. The molecule has 2 heteroatoms. The minimum atomic E-state index is 0.676. The first-order chi connectivity index (χ1) is 8.83. The Morgan fingerprint density at radius 3 is 2.50 bits per heavy atom. The van der Waals surface area contributed by atoms with Gasteiger partial charge in [-0.2, -0.15) is 0 Å². The van der Waals surface area contributed by atoms with Gasteiger partial charge in [0.05, 0.1) is 5.69 Å². The summed E-state index contributed by atoms with van der Waals surface area (Å²) in [6, 6.07) is 14.0. The van der Waals surface area contributed by atoms with Gasteiger partial charge in [0, 0.05) is 0 Å². The highest BCUT2D eigenvalue weighted by atomic mass is 16.5. The van der Waals surface area contributed by atoms with Crippen molar-refractivity contribution < 1.29 is 4.74 Å². The number of fused-ring (bicyclic) bond motifs is 1. The molecule has 2 nitrogen and oxygen atoms in total. The van der Waals surface area contributed by atoms with Crippen molar-refractivity contribution in [3.05, 3.63) is 53.6 Å². The van der Waals surface area contributed by atoms with Crippen molar-refractivity contribution >= 4 is 5.69 Å². The summed E-state index contributed by atoms with van der Waals surface area (Å²) in [4.78, 5) is 0. The second-order valence-corrected chi connectivity index (χ2v) is 4.78. The molecule has 2 aromatic rings. The summed E-state index contributed by atoms with van der Waals surface area (Å²) in [5.41, 5.74) is 9.45. The molecule has 0 aliphatic heterocycles. The molecule has 0 heterocycles. The minimum Gasteiger partial charge on any atom is -0.455 e. The zero-order valence-electron chi connectivity index (χ0n) is 10.4. The van der Waals surface area contributed by atoms with Gasteiger partial charge in [0.25, 0.3) is 0 Å². The molecule has 0 fully saturated rings. The highest BCUT2D eigenvalue weighted by Gasteiger charge is 2.10.